The number of nitrogens with two attached hydrogens (primary N) is 1. The maximum Gasteiger partial charge on any atom is 0.124 e. The molecule has 4 nitrogen and oxygen atoms in total. The standard InChI is InChI=1S/C15H15N3OS/c1-3-19-12-6-4-11(5-7-12)15-18-14(9-20-15)13(8-16)10(2)17/h4-7,9H,3,17H2,1-2H3/b13-10+. The molecule has 0 aliphatic carbocycles. The molecule has 1 aromatic carbocycles. The molecule has 0 aliphatic heterocycles. The molecule has 1 aromatic heterocycles. The number of ether oxygens (including phenoxy) is 1. The molecule has 1 heterocycles. The van der Waals surface area contributed by atoms with Gasteiger partial charge < -0.3 is 10.5 Å². The molecule has 2 rings (SSSR count). The fourth-order valence-corrected chi connectivity index (χ4v) is 2.55. The van der Waals surface area contributed by atoms with Crippen LogP contribution in [0.3, 0.4) is 0 Å². The topological polar surface area (TPSA) is 71.9 Å². The van der Waals surface area contributed by atoms with Crippen molar-refractivity contribution < 1.29 is 4.74 Å². The summed E-state index contributed by atoms with van der Waals surface area (Å²) in [5.74, 6) is 0.837. The lowest BCUT2D eigenvalue weighted by Crippen LogP contribution is -1.96. The van der Waals surface area contributed by atoms with E-state index in [1.165, 1.54) is 11.3 Å². The number of hydrogen-bond acceptors (Lipinski definition) is 5. The van der Waals surface area contributed by atoms with Crippen molar-refractivity contribution >= 4 is 16.9 Å². The van der Waals surface area contributed by atoms with Crippen molar-refractivity contribution in [2.45, 2.75) is 13.8 Å². The zero-order chi connectivity index (χ0) is 14.5. The summed E-state index contributed by atoms with van der Waals surface area (Å²) < 4.78 is 5.40. The highest BCUT2D eigenvalue weighted by molar-refractivity contribution is 7.13. The van der Waals surface area contributed by atoms with Gasteiger partial charge in [0.25, 0.3) is 0 Å². The minimum atomic E-state index is 0.429. The first-order valence-corrected chi connectivity index (χ1v) is 7.09. The molecule has 0 saturated carbocycles. The normalized spacial score (nSPS) is 11.7. The van der Waals surface area contributed by atoms with Crippen molar-refractivity contribution in [2.75, 3.05) is 6.61 Å². The average Bonchev–Trinajstić information content (AvgIpc) is 2.90. The molecule has 0 radical (unpaired) electrons. The second-order valence-corrected chi connectivity index (χ2v) is 5.02. The molecule has 0 fully saturated rings. The maximum atomic E-state index is 9.09. The molecule has 102 valence electrons. The van der Waals surface area contributed by atoms with Gasteiger partial charge in [-0.2, -0.15) is 5.26 Å². The molecule has 0 spiro atoms. The van der Waals surface area contributed by atoms with Gasteiger partial charge in [0.05, 0.1) is 17.9 Å². The monoisotopic (exact) mass is 285 g/mol. The lowest BCUT2D eigenvalue weighted by atomic mass is 10.2. The van der Waals surface area contributed by atoms with E-state index >= 15 is 0 Å². The summed E-state index contributed by atoms with van der Waals surface area (Å²) in [6.45, 7) is 4.30. The van der Waals surface area contributed by atoms with Crippen LogP contribution in [0.2, 0.25) is 0 Å². The zero-order valence-electron chi connectivity index (χ0n) is 11.4. The summed E-state index contributed by atoms with van der Waals surface area (Å²) in [4.78, 5) is 4.47. The number of aromatic nitrogens is 1. The number of nitrogens with zero attached hydrogens (tertiary/aromatic N) is 2. The Kier molecular flexibility index (Phi) is 4.38. The minimum Gasteiger partial charge on any atom is -0.494 e. The Balaban J connectivity index is 2.29. The third-order valence-electron chi connectivity index (χ3n) is 2.68. The summed E-state index contributed by atoms with van der Waals surface area (Å²) in [7, 11) is 0. The van der Waals surface area contributed by atoms with Gasteiger partial charge in [-0.3, -0.25) is 0 Å². The van der Waals surface area contributed by atoms with E-state index in [-0.39, 0.29) is 0 Å². The van der Waals surface area contributed by atoms with Gasteiger partial charge in [0, 0.05) is 16.6 Å². The van der Waals surface area contributed by atoms with Crippen LogP contribution in [0.25, 0.3) is 16.1 Å². The SMILES string of the molecule is CCOc1ccc(-c2nc(/C(C#N)=C(\C)N)cs2)cc1. The first-order chi connectivity index (χ1) is 9.65. The minimum absolute atomic E-state index is 0.429. The molecule has 2 N–H and O–H groups in total. The Bertz CT molecular complexity index is 661. The number of benzene rings is 1. The summed E-state index contributed by atoms with van der Waals surface area (Å²) in [5, 5.41) is 11.8. The third-order valence-corrected chi connectivity index (χ3v) is 3.57. The fraction of sp³-hybridized carbons (Fsp3) is 0.200. The van der Waals surface area contributed by atoms with E-state index in [1.807, 2.05) is 36.6 Å². The molecule has 0 aliphatic rings. The second-order valence-electron chi connectivity index (χ2n) is 4.17. The van der Waals surface area contributed by atoms with Gasteiger partial charge in [0.15, 0.2) is 0 Å². The number of allylic oxidation sites excluding steroid dienone is 2. The van der Waals surface area contributed by atoms with E-state index < -0.39 is 0 Å². The van der Waals surface area contributed by atoms with Crippen LogP contribution >= 0.6 is 11.3 Å². The Morgan fingerprint density at radius 2 is 2.10 bits per heavy atom. The molecule has 0 atom stereocenters. The highest BCUT2D eigenvalue weighted by Crippen LogP contribution is 2.28. The summed E-state index contributed by atoms with van der Waals surface area (Å²) in [5.41, 5.74) is 8.22. The van der Waals surface area contributed by atoms with Gasteiger partial charge in [-0.25, -0.2) is 4.98 Å². The van der Waals surface area contributed by atoms with Crippen molar-refractivity contribution in [1.82, 2.24) is 4.98 Å². The molecular formula is C15H15N3OS. The first kappa shape index (κ1) is 14.1. The predicted octanol–water partition coefficient (Wildman–Crippen LogP) is 3.42. The van der Waals surface area contributed by atoms with E-state index in [4.69, 9.17) is 15.7 Å². The second kappa shape index (κ2) is 6.22. The van der Waals surface area contributed by atoms with Gasteiger partial charge in [-0.1, -0.05) is 0 Å². The molecular weight excluding hydrogens is 270 g/mol. The highest BCUT2D eigenvalue weighted by Gasteiger charge is 2.10. The van der Waals surface area contributed by atoms with E-state index in [1.54, 1.807) is 6.92 Å². The Hall–Kier alpha value is -2.32. The summed E-state index contributed by atoms with van der Waals surface area (Å²) >= 11 is 1.49. The largest absolute Gasteiger partial charge is 0.494 e. The highest BCUT2D eigenvalue weighted by atomic mass is 32.1. The molecule has 2 aromatic rings. The van der Waals surface area contributed by atoms with Crippen LogP contribution in [-0.4, -0.2) is 11.6 Å². The molecule has 0 amide bonds. The lowest BCUT2D eigenvalue weighted by molar-refractivity contribution is 0.340. The smallest absolute Gasteiger partial charge is 0.124 e. The Morgan fingerprint density at radius 3 is 2.65 bits per heavy atom. The predicted molar refractivity (Wildman–Crippen MR) is 81.1 cm³/mol. The van der Waals surface area contributed by atoms with Crippen LogP contribution in [0, 0.1) is 11.3 Å². The van der Waals surface area contributed by atoms with Gasteiger partial charge in [0.2, 0.25) is 0 Å². The lowest BCUT2D eigenvalue weighted by Gasteiger charge is -2.03. The van der Waals surface area contributed by atoms with E-state index in [2.05, 4.69) is 11.1 Å². The molecule has 0 saturated heterocycles. The van der Waals surface area contributed by atoms with Crippen molar-refractivity contribution in [1.29, 1.82) is 5.26 Å². The van der Waals surface area contributed by atoms with Gasteiger partial charge in [0.1, 0.15) is 16.8 Å². The Morgan fingerprint density at radius 1 is 1.40 bits per heavy atom. The zero-order valence-corrected chi connectivity index (χ0v) is 12.2. The van der Waals surface area contributed by atoms with E-state index in [0.717, 1.165) is 16.3 Å². The van der Waals surface area contributed by atoms with Gasteiger partial charge in [-0.05, 0) is 38.1 Å². The van der Waals surface area contributed by atoms with Crippen LogP contribution in [0.1, 0.15) is 19.5 Å². The van der Waals surface area contributed by atoms with E-state index in [9.17, 15) is 0 Å². The Labute approximate surface area is 122 Å². The summed E-state index contributed by atoms with van der Waals surface area (Å²) in [6, 6.07) is 9.82. The molecule has 0 bridgehead atoms. The first-order valence-electron chi connectivity index (χ1n) is 6.21. The quantitative estimate of drug-likeness (QED) is 0.874. The van der Waals surface area contributed by atoms with Crippen LogP contribution in [0.5, 0.6) is 5.75 Å². The number of thiazole rings is 1. The van der Waals surface area contributed by atoms with Crippen LogP contribution in [-0.2, 0) is 0 Å². The molecule has 0 unspecified atom stereocenters. The number of hydrogen-bond donors (Lipinski definition) is 1. The van der Waals surface area contributed by atoms with Gasteiger partial charge in [-0.15, -0.1) is 11.3 Å². The average molecular weight is 285 g/mol. The summed E-state index contributed by atoms with van der Waals surface area (Å²) in [6.07, 6.45) is 0. The fourth-order valence-electron chi connectivity index (χ4n) is 1.73. The van der Waals surface area contributed by atoms with Crippen molar-refractivity contribution in [3.63, 3.8) is 0 Å². The van der Waals surface area contributed by atoms with Gasteiger partial charge >= 0.3 is 0 Å². The van der Waals surface area contributed by atoms with Crippen molar-refractivity contribution in [3.8, 4) is 22.4 Å². The molecule has 5 heteroatoms. The number of rotatable bonds is 4. The van der Waals surface area contributed by atoms with Crippen LogP contribution in [0.4, 0.5) is 0 Å². The van der Waals surface area contributed by atoms with Crippen molar-refractivity contribution in [3.05, 3.63) is 41.0 Å². The third kappa shape index (κ3) is 2.98. The molecule has 20 heavy (non-hydrogen) atoms. The number of nitriles is 1. The van der Waals surface area contributed by atoms with E-state index in [0.29, 0.717) is 23.6 Å². The van der Waals surface area contributed by atoms with Crippen LogP contribution in [0.15, 0.2) is 35.3 Å². The maximum absolute atomic E-state index is 9.09. The van der Waals surface area contributed by atoms with Crippen molar-refractivity contribution in [2.24, 2.45) is 5.73 Å². The van der Waals surface area contributed by atoms with Crippen LogP contribution < -0.4 is 10.5 Å².